The van der Waals surface area contributed by atoms with Crippen LogP contribution >= 0.6 is 0 Å². The van der Waals surface area contributed by atoms with Crippen LogP contribution in [0.5, 0.6) is 11.5 Å². The van der Waals surface area contributed by atoms with Crippen molar-refractivity contribution in [2.75, 3.05) is 19.0 Å². The molecule has 2 aromatic rings. The molecule has 6 heteroatoms. The minimum atomic E-state index is -0.467. The molecule has 0 bridgehead atoms. The van der Waals surface area contributed by atoms with E-state index >= 15 is 0 Å². The third kappa shape index (κ3) is 2.87. The zero-order valence-electron chi connectivity index (χ0n) is 14.5. The Morgan fingerprint density at radius 3 is 2.73 bits per heavy atom. The van der Waals surface area contributed by atoms with Gasteiger partial charge in [-0.05, 0) is 37.5 Å². The Balaban J connectivity index is 1.67. The van der Waals surface area contributed by atoms with E-state index in [9.17, 15) is 9.59 Å². The predicted octanol–water partition coefficient (Wildman–Crippen LogP) is 3.29. The van der Waals surface area contributed by atoms with Crippen molar-refractivity contribution in [1.29, 1.82) is 0 Å². The molecule has 1 saturated heterocycles. The quantitative estimate of drug-likeness (QED) is 0.678. The standard InChI is InChI=1S/C20H20N2O4/c1-25-16-11-14-15(21-18-9-5-6-10-22(18)19(14)23)12-17(16)26-20(24)13-7-3-2-4-8-13/h2-4,7-8,11-12,18,21H,5-6,9-10H2,1H3. The summed E-state index contributed by atoms with van der Waals surface area (Å²) in [5, 5.41) is 3.39. The molecule has 1 fully saturated rings. The van der Waals surface area contributed by atoms with Gasteiger partial charge in [0.05, 0.1) is 23.9 Å². The Bertz CT molecular complexity index is 850. The van der Waals surface area contributed by atoms with Crippen LogP contribution < -0.4 is 14.8 Å². The summed E-state index contributed by atoms with van der Waals surface area (Å²) in [5.74, 6) is 0.177. The van der Waals surface area contributed by atoms with E-state index in [0.29, 0.717) is 28.3 Å². The molecule has 2 aromatic carbocycles. The fraction of sp³-hybridized carbons (Fsp3) is 0.300. The van der Waals surface area contributed by atoms with Crippen molar-refractivity contribution >= 4 is 17.6 Å². The van der Waals surface area contributed by atoms with Gasteiger partial charge in [-0.15, -0.1) is 0 Å². The normalized spacial score (nSPS) is 18.4. The van der Waals surface area contributed by atoms with Crippen LogP contribution in [0.1, 0.15) is 40.0 Å². The first-order valence-corrected chi connectivity index (χ1v) is 8.74. The van der Waals surface area contributed by atoms with Gasteiger partial charge in [0.1, 0.15) is 6.17 Å². The lowest BCUT2D eigenvalue weighted by molar-refractivity contribution is 0.0627. The van der Waals surface area contributed by atoms with Gasteiger partial charge in [-0.3, -0.25) is 4.79 Å². The maximum absolute atomic E-state index is 12.8. The molecule has 6 nitrogen and oxygen atoms in total. The lowest BCUT2D eigenvalue weighted by atomic mass is 10.0. The Kier molecular flexibility index (Phi) is 4.24. The number of anilines is 1. The van der Waals surface area contributed by atoms with Crippen LogP contribution in [-0.2, 0) is 0 Å². The number of methoxy groups -OCH3 is 1. The molecule has 1 atom stereocenters. The Hall–Kier alpha value is -3.02. The fourth-order valence-corrected chi connectivity index (χ4v) is 3.49. The molecule has 0 aromatic heterocycles. The van der Waals surface area contributed by atoms with E-state index in [-0.39, 0.29) is 12.1 Å². The SMILES string of the molecule is COc1cc2c(cc1OC(=O)c1ccccc1)NC1CCCCN1C2=O. The highest BCUT2D eigenvalue weighted by Gasteiger charge is 2.34. The van der Waals surface area contributed by atoms with Crippen LogP contribution in [0.25, 0.3) is 0 Å². The lowest BCUT2D eigenvalue weighted by Crippen LogP contribution is -2.51. The Morgan fingerprint density at radius 1 is 1.15 bits per heavy atom. The summed E-state index contributed by atoms with van der Waals surface area (Å²) in [5.41, 5.74) is 1.67. The summed E-state index contributed by atoms with van der Waals surface area (Å²) < 4.78 is 10.9. The van der Waals surface area contributed by atoms with Gasteiger partial charge in [-0.2, -0.15) is 0 Å². The average molecular weight is 352 g/mol. The van der Waals surface area contributed by atoms with Crippen LogP contribution in [0.15, 0.2) is 42.5 Å². The Labute approximate surface area is 151 Å². The van der Waals surface area contributed by atoms with Gasteiger partial charge in [-0.25, -0.2) is 4.79 Å². The number of nitrogens with one attached hydrogen (secondary N) is 1. The molecular weight excluding hydrogens is 332 g/mol. The van der Waals surface area contributed by atoms with Crippen molar-refractivity contribution in [3.63, 3.8) is 0 Å². The first-order valence-electron chi connectivity index (χ1n) is 8.74. The zero-order valence-corrected chi connectivity index (χ0v) is 14.5. The smallest absolute Gasteiger partial charge is 0.343 e. The summed E-state index contributed by atoms with van der Waals surface area (Å²) in [6.07, 6.45) is 3.01. The van der Waals surface area contributed by atoms with E-state index in [2.05, 4.69) is 5.32 Å². The summed E-state index contributed by atoms with van der Waals surface area (Å²) in [6, 6.07) is 12.1. The lowest BCUT2D eigenvalue weighted by Gasteiger charge is -2.41. The molecule has 1 unspecified atom stereocenters. The Morgan fingerprint density at radius 2 is 1.96 bits per heavy atom. The molecule has 0 spiro atoms. The molecule has 1 amide bonds. The molecule has 2 aliphatic rings. The predicted molar refractivity (Wildman–Crippen MR) is 96.7 cm³/mol. The average Bonchev–Trinajstić information content (AvgIpc) is 2.68. The van der Waals surface area contributed by atoms with Crippen LogP contribution in [0.2, 0.25) is 0 Å². The fourth-order valence-electron chi connectivity index (χ4n) is 3.49. The summed E-state index contributed by atoms with van der Waals surface area (Å²) in [4.78, 5) is 27.0. The number of nitrogens with zero attached hydrogens (tertiary/aromatic N) is 1. The first-order chi connectivity index (χ1) is 12.7. The number of carbonyl (C=O) groups excluding carboxylic acids is 2. The van der Waals surface area contributed by atoms with Crippen LogP contribution in [0.4, 0.5) is 5.69 Å². The number of hydrogen-bond donors (Lipinski definition) is 1. The highest BCUT2D eigenvalue weighted by molar-refractivity contribution is 6.03. The monoisotopic (exact) mass is 352 g/mol. The number of piperidine rings is 1. The van der Waals surface area contributed by atoms with Gasteiger partial charge in [-0.1, -0.05) is 18.2 Å². The van der Waals surface area contributed by atoms with Crippen LogP contribution in [0, 0.1) is 0 Å². The van der Waals surface area contributed by atoms with Crippen LogP contribution in [-0.4, -0.2) is 36.6 Å². The molecule has 134 valence electrons. The number of fused-ring (bicyclic) bond motifs is 2. The van der Waals surface area contributed by atoms with Crippen LogP contribution in [0.3, 0.4) is 0 Å². The van der Waals surface area contributed by atoms with E-state index in [0.717, 1.165) is 25.8 Å². The highest BCUT2D eigenvalue weighted by atomic mass is 16.6. The van der Waals surface area contributed by atoms with E-state index in [1.165, 1.54) is 7.11 Å². The number of carbonyl (C=O) groups is 2. The van der Waals surface area contributed by atoms with Gasteiger partial charge in [0, 0.05) is 12.6 Å². The molecule has 1 N–H and O–H groups in total. The molecular formula is C20H20N2O4. The third-order valence-electron chi connectivity index (χ3n) is 4.83. The number of amides is 1. The molecule has 26 heavy (non-hydrogen) atoms. The number of rotatable bonds is 3. The minimum Gasteiger partial charge on any atom is -0.493 e. The van der Waals surface area contributed by atoms with Crippen molar-refractivity contribution in [2.45, 2.75) is 25.4 Å². The number of esters is 1. The molecule has 2 heterocycles. The summed E-state index contributed by atoms with van der Waals surface area (Å²) in [6.45, 7) is 0.753. The number of ether oxygens (including phenoxy) is 2. The second kappa shape index (κ2) is 6.71. The van der Waals surface area contributed by atoms with Gasteiger partial charge >= 0.3 is 5.97 Å². The van der Waals surface area contributed by atoms with Crippen molar-refractivity contribution in [3.05, 3.63) is 53.6 Å². The first kappa shape index (κ1) is 16.4. The molecule has 0 aliphatic carbocycles. The third-order valence-corrected chi connectivity index (χ3v) is 4.83. The molecule has 0 radical (unpaired) electrons. The molecule has 4 rings (SSSR count). The minimum absolute atomic E-state index is 0.00480. The van der Waals surface area contributed by atoms with E-state index < -0.39 is 5.97 Å². The number of benzene rings is 2. The van der Waals surface area contributed by atoms with E-state index in [4.69, 9.17) is 9.47 Å². The topological polar surface area (TPSA) is 67.9 Å². The van der Waals surface area contributed by atoms with Gasteiger partial charge in [0.25, 0.3) is 5.91 Å². The summed E-state index contributed by atoms with van der Waals surface area (Å²) in [7, 11) is 1.49. The maximum Gasteiger partial charge on any atom is 0.343 e. The summed E-state index contributed by atoms with van der Waals surface area (Å²) >= 11 is 0. The highest BCUT2D eigenvalue weighted by Crippen LogP contribution is 2.38. The second-order valence-electron chi connectivity index (χ2n) is 6.46. The van der Waals surface area contributed by atoms with Crippen molar-refractivity contribution < 1.29 is 19.1 Å². The van der Waals surface area contributed by atoms with Crippen molar-refractivity contribution in [3.8, 4) is 11.5 Å². The van der Waals surface area contributed by atoms with Gasteiger partial charge in [0.2, 0.25) is 0 Å². The zero-order chi connectivity index (χ0) is 18.1. The van der Waals surface area contributed by atoms with Crippen molar-refractivity contribution in [1.82, 2.24) is 4.90 Å². The van der Waals surface area contributed by atoms with Crippen molar-refractivity contribution in [2.24, 2.45) is 0 Å². The number of hydrogen-bond acceptors (Lipinski definition) is 5. The molecule has 2 aliphatic heterocycles. The van der Waals surface area contributed by atoms with Gasteiger partial charge < -0.3 is 19.7 Å². The van der Waals surface area contributed by atoms with Gasteiger partial charge in [0.15, 0.2) is 11.5 Å². The van der Waals surface area contributed by atoms with E-state index in [1.54, 1.807) is 36.4 Å². The largest absolute Gasteiger partial charge is 0.493 e. The second-order valence-corrected chi connectivity index (χ2v) is 6.46. The van der Waals surface area contributed by atoms with E-state index in [1.807, 2.05) is 11.0 Å². The molecule has 0 saturated carbocycles. The maximum atomic E-state index is 12.8.